The summed E-state index contributed by atoms with van der Waals surface area (Å²) in [6.45, 7) is 5.36. The summed E-state index contributed by atoms with van der Waals surface area (Å²) in [6.07, 6.45) is 3.76. The summed E-state index contributed by atoms with van der Waals surface area (Å²) < 4.78 is 52.0. The van der Waals surface area contributed by atoms with Gasteiger partial charge in [0, 0.05) is 18.0 Å². The first-order valence-electron chi connectivity index (χ1n) is 13.3. The molecule has 0 aliphatic rings. The summed E-state index contributed by atoms with van der Waals surface area (Å²) >= 11 is 6.33. The molecule has 0 amide bonds. The molecule has 8 nitrogen and oxygen atoms in total. The van der Waals surface area contributed by atoms with E-state index < -0.39 is 29.1 Å². The predicted octanol–water partition coefficient (Wildman–Crippen LogP) is 6.82. The summed E-state index contributed by atoms with van der Waals surface area (Å²) in [7, 11) is 0. The lowest BCUT2D eigenvalue weighted by molar-refractivity contribution is 0.231. The first kappa shape index (κ1) is 28.2. The number of hydrogen-bond donors (Lipinski definition) is 1. The standard InChI is InChI=1S/C31H24ClF3N6O2/c1-15(2)43-24-8-7-17(10-23(24)35)21-13-40(30-26(21)28(36)37-14-38-30)16(3)27-25(18-5-4-6-19(33)9-18)31(42)41-12-20(34)11-22(32)29(41)39-27/h4-16H,1-3H3,(H2,36,37,38). The quantitative estimate of drug-likeness (QED) is 0.224. The fourth-order valence-electron chi connectivity index (χ4n) is 5.17. The van der Waals surface area contributed by atoms with Gasteiger partial charge in [-0.2, -0.15) is 0 Å². The molecule has 1 atom stereocenters. The first-order chi connectivity index (χ1) is 20.5. The number of aromatic nitrogens is 5. The molecule has 4 aromatic heterocycles. The minimum absolute atomic E-state index is 0.0173. The Bertz CT molecular complexity index is 2110. The number of anilines is 1. The van der Waals surface area contributed by atoms with Crippen LogP contribution in [0.4, 0.5) is 19.0 Å². The Hall–Kier alpha value is -4.90. The van der Waals surface area contributed by atoms with Crippen LogP contribution in [-0.4, -0.2) is 30.0 Å². The normalized spacial score (nSPS) is 12.4. The van der Waals surface area contributed by atoms with E-state index in [0.29, 0.717) is 22.2 Å². The predicted molar refractivity (Wildman–Crippen MR) is 159 cm³/mol. The summed E-state index contributed by atoms with van der Waals surface area (Å²) in [4.78, 5) is 27.1. The first-order valence-corrected chi connectivity index (χ1v) is 13.7. The van der Waals surface area contributed by atoms with Crippen molar-refractivity contribution >= 4 is 34.1 Å². The molecule has 0 saturated heterocycles. The fraction of sp³-hybridized carbons (Fsp3) is 0.161. The van der Waals surface area contributed by atoms with Gasteiger partial charge >= 0.3 is 0 Å². The Morgan fingerprint density at radius 1 is 0.930 bits per heavy atom. The number of fused-ring (bicyclic) bond motifs is 2. The number of rotatable bonds is 6. The lowest BCUT2D eigenvalue weighted by Crippen LogP contribution is -2.23. The van der Waals surface area contributed by atoms with Crippen molar-refractivity contribution in [2.75, 3.05) is 5.73 Å². The Labute approximate surface area is 248 Å². The molecule has 43 heavy (non-hydrogen) atoms. The molecule has 12 heteroatoms. The van der Waals surface area contributed by atoms with E-state index in [9.17, 15) is 13.6 Å². The molecule has 1 unspecified atom stereocenters. The second kappa shape index (κ2) is 10.7. The van der Waals surface area contributed by atoms with Gasteiger partial charge < -0.3 is 15.0 Å². The third kappa shape index (κ3) is 4.95. The van der Waals surface area contributed by atoms with E-state index in [1.807, 2.05) is 0 Å². The summed E-state index contributed by atoms with van der Waals surface area (Å²) in [5, 5.41) is 0.372. The maximum Gasteiger partial charge on any atom is 0.266 e. The molecule has 0 aliphatic carbocycles. The highest BCUT2D eigenvalue weighted by atomic mass is 35.5. The van der Waals surface area contributed by atoms with Crippen molar-refractivity contribution in [3.63, 3.8) is 0 Å². The molecule has 2 N–H and O–H groups in total. The molecular weight excluding hydrogens is 581 g/mol. The molecular formula is C31H24ClF3N6O2. The maximum atomic E-state index is 15.0. The van der Waals surface area contributed by atoms with Crippen LogP contribution >= 0.6 is 11.6 Å². The Morgan fingerprint density at radius 2 is 1.72 bits per heavy atom. The third-order valence-corrected chi connectivity index (χ3v) is 7.32. The number of hydrogen-bond acceptors (Lipinski definition) is 6. The second-order valence-electron chi connectivity index (χ2n) is 10.3. The molecule has 0 spiro atoms. The van der Waals surface area contributed by atoms with Crippen LogP contribution in [0.25, 0.3) is 38.9 Å². The van der Waals surface area contributed by atoms with Crippen LogP contribution < -0.4 is 16.0 Å². The minimum Gasteiger partial charge on any atom is -0.488 e. The van der Waals surface area contributed by atoms with Gasteiger partial charge in [0.05, 0.1) is 33.8 Å². The van der Waals surface area contributed by atoms with Gasteiger partial charge in [-0.3, -0.25) is 9.20 Å². The van der Waals surface area contributed by atoms with Gasteiger partial charge in [0.1, 0.15) is 29.4 Å². The lowest BCUT2D eigenvalue weighted by atomic mass is 10.0. The van der Waals surface area contributed by atoms with Crippen molar-refractivity contribution in [1.82, 2.24) is 23.9 Å². The molecule has 0 radical (unpaired) electrons. The average Bonchev–Trinajstić information content (AvgIpc) is 3.35. The topological polar surface area (TPSA) is 100 Å². The summed E-state index contributed by atoms with van der Waals surface area (Å²) in [5.41, 5.74) is 7.57. The molecule has 2 aromatic carbocycles. The van der Waals surface area contributed by atoms with Gasteiger partial charge in [0.15, 0.2) is 17.2 Å². The molecule has 6 rings (SSSR count). The SMILES string of the molecule is CC(C)Oc1ccc(-c2cn(C(C)c3nc4c(Cl)cc(F)cn4c(=O)c3-c3cccc(F)c3)c3ncnc(N)c23)cc1F. The molecule has 0 saturated carbocycles. The van der Waals surface area contributed by atoms with Crippen LogP contribution in [-0.2, 0) is 0 Å². The van der Waals surface area contributed by atoms with E-state index in [1.165, 1.54) is 36.7 Å². The zero-order valence-electron chi connectivity index (χ0n) is 23.1. The van der Waals surface area contributed by atoms with Crippen molar-refractivity contribution in [3.05, 3.63) is 106 Å². The van der Waals surface area contributed by atoms with Crippen molar-refractivity contribution in [2.45, 2.75) is 32.9 Å². The largest absolute Gasteiger partial charge is 0.488 e. The van der Waals surface area contributed by atoms with Crippen molar-refractivity contribution in [3.8, 4) is 28.0 Å². The van der Waals surface area contributed by atoms with Gasteiger partial charge in [-0.1, -0.05) is 29.8 Å². The Balaban J connectivity index is 1.61. The Kier molecular flexibility index (Phi) is 7.05. The van der Waals surface area contributed by atoms with E-state index in [-0.39, 0.29) is 45.2 Å². The number of halogens is 4. The van der Waals surface area contributed by atoms with E-state index in [0.717, 1.165) is 16.7 Å². The van der Waals surface area contributed by atoms with Crippen molar-refractivity contribution < 1.29 is 17.9 Å². The zero-order chi connectivity index (χ0) is 30.6. The van der Waals surface area contributed by atoms with Gasteiger partial charge in [0.2, 0.25) is 0 Å². The monoisotopic (exact) mass is 604 g/mol. The maximum absolute atomic E-state index is 15.0. The number of pyridine rings is 1. The number of nitrogen functional groups attached to an aromatic ring is 1. The minimum atomic E-state index is -0.738. The molecule has 0 fully saturated rings. The molecule has 0 bridgehead atoms. The number of ether oxygens (including phenoxy) is 1. The molecule has 0 aliphatic heterocycles. The van der Waals surface area contributed by atoms with Crippen LogP contribution in [0.1, 0.15) is 32.5 Å². The highest BCUT2D eigenvalue weighted by Gasteiger charge is 2.26. The van der Waals surface area contributed by atoms with Crippen molar-refractivity contribution in [1.29, 1.82) is 0 Å². The fourth-order valence-corrected chi connectivity index (χ4v) is 5.41. The van der Waals surface area contributed by atoms with Gasteiger partial charge in [-0.05, 0) is 62.2 Å². The highest BCUT2D eigenvalue weighted by molar-refractivity contribution is 6.33. The van der Waals surface area contributed by atoms with Crippen LogP contribution in [0.2, 0.25) is 5.02 Å². The van der Waals surface area contributed by atoms with Crippen LogP contribution in [0.15, 0.2) is 72.0 Å². The highest BCUT2D eigenvalue weighted by Crippen LogP contribution is 2.38. The van der Waals surface area contributed by atoms with E-state index in [1.54, 1.807) is 43.7 Å². The Morgan fingerprint density at radius 3 is 2.44 bits per heavy atom. The summed E-state index contributed by atoms with van der Waals surface area (Å²) in [5.74, 6) is -1.61. The number of nitrogens with two attached hydrogens (primary N) is 1. The van der Waals surface area contributed by atoms with Gasteiger partial charge in [-0.25, -0.2) is 28.1 Å². The second-order valence-corrected chi connectivity index (χ2v) is 10.7. The number of nitrogens with zero attached hydrogens (tertiary/aromatic N) is 5. The smallest absolute Gasteiger partial charge is 0.266 e. The molecule has 6 aromatic rings. The van der Waals surface area contributed by atoms with E-state index >= 15 is 4.39 Å². The lowest BCUT2D eigenvalue weighted by Gasteiger charge is -2.19. The van der Waals surface area contributed by atoms with Crippen LogP contribution in [0.5, 0.6) is 5.75 Å². The number of benzene rings is 2. The van der Waals surface area contributed by atoms with Crippen LogP contribution in [0.3, 0.4) is 0 Å². The van der Waals surface area contributed by atoms with Gasteiger partial charge in [-0.15, -0.1) is 0 Å². The van der Waals surface area contributed by atoms with Crippen molar-refractivity contribution in [2.24, 2.45) is 0 Å². The summed E-state index contributed by atoms with van der Waals surface area (Å²) in [6, 6.07) is 10.4. The zero-order valence-corrected chi connectivity index (χ0v) is 23.9. The van der Waals surface area contributed by atoms with E-state index in [2.05, 4.69) is 9.97 Å². The average molecular weight is 605 g/mol. The molecule has 4 heterocycles. The van der Waals surface area contributed by atoms with Gasteiger partial charge in [0.25, 0.3) is 5.56 Å². The van der Waals surface area contributed by atoms with E-state index in [4.69, 9.17) is 27.1 Å². The third-order valence-electron chi connectivity index (χ3n) is 7.04. The molecule has 218 valence electrons. The van der Waals surface area contributed by atoms with Crippen LogP contribution in [0, 0.1) is 17.5 Å².